The molecule has 2 saturated heterocycles. The van der Waals surface area contributed by atoms with E-state index in [0.29, 0.717) is 23.1 Å². The summed E-state index contributed by atoms with van der Waals surface area (Å²) in [6.45, 7) is -0.500. The molecule has 0 saturated carbocycles. The number of hydrogen-bond donors (Lipinski definition) is 8. The maximum atomic E-state index is 11.1. The third-order valence-corrected chi connectivity index (χ3v) is 7.42. The Morgan fingerprint density at radius 1 is 0.667 bits per heavy atom. The predicted molar refractivity (Wildman–Crippen MR) is 141 cm³/mol. The summed E-state index contributed by atoms with van der Waals surface area (Å²) in [7, 11) is 0. The molecule has 0 unspecified atom stereocenters. The van der Waals surface area contributed by atoms with Crippen LogP contribution in [0.15, 0.2) is 48.5 Å². The summed E-state index contributed by atoms with van der Waals surface area (Å²) in [6.07, 6.45) is -12.0. The molecule has 13 heteroatoms. The van der Waals surface area contributed by atoms with Gasteiger partial charge in [0, 0.05) is 23.1 Å². The van der Waals surface area contributed by atoms with Gasteiger partial charge in [0.05, 0.1) is 19.3 Å². The minimum atomic E-state index is -1.68. The molecular weight excluding hydrogens is 555 g/mol. The highest BCUT2D eigenvalue weighted by molar-refractivity contribution is 6.30. The largest absolute Gasteiger partial charge is 0.394 e. The third kappa shape index (κ3) is 7.46. The Labute approximate surface area is 235 Å². The normalized spacial score (nSPS) is 35.2. The Morgan fingerprint density at radius 3 is 1.72 bits per heavy atom. The van der Waals surface area contributed by atoms with Crippen LogP contribution in [-0.4, -0.2) is 105 Å². The molecule has 2 aliphatic heterocycles. The van der Waals surface area contributed by atoms with Crippen molar-refractivity contribution in [2.24, 2.45) is 0 Å². The maximum Gasteiger partial charge on any atom is 0.187 e. The molecule has 0 aliphatic carbocycles. The number of halogens is 2. The molecule has 8 N–H and O–H groups in total. The lowest BCUT2D eigenvalue weighted by molar-refractivity contribution is -0.333. The number of aliphatic hydroxyl groups is 6. The summed E-state index contributed by atoms with van der Waals surface area (Å²) in [4.78, 5) is 0. The molecule has 2 aromatic carbocycles. The van der Waals surface area contributed by atoms with Gasteiger partial charge in [-0.1, -0.05) is 47.5 Å². The van der Waals surface area contributed by atoms with Crippen LogP contribution in [0, 0.1) is 0 Å². The minimum absolute atomic E-state index is 0.315. The first-order chi connectivity index (χ1) is 18.7. The highest BCUT2D eigenvalue weighted by Gasteiger charge is 2.50. The zero-order valence-corrected chi connectivity index (χ0v) is 22.4. The van der Waals surface area contributed by atoms with Gasteiger partial charge in [0.2, 0.25) is 0 Å². The van der Waals surface area contributed by atoms with E-state index in [9.17, 15) is 30.6 Å². The lowest BCUT2D eigenvalue weighted by Crippen LogP contribution is -2.69. The number of benzene rings is 2. The van der Waals surface area contributed by atoms with Crippen LogP contribution in [0.3, 0.4) is 0 Å². The summed E-state index contributed by atoms with van der Waals surface area (Å²) < 4.78 is 17.6. The first kappa shape index (κ1) is 30.5. The molecule has 39 heavy (non-hydrogen) atoms. The van der Waals surface area contributed by atoms with Crippen molar-refractivity contribution < 1.29 is 44.8 Å². The van der Waals surface area contributed by atoms with Crippen LogP contribution >= 0.6 is 23.2 Å². The van der Waals surface area contributed by atoms with Crippen LogP contribution in [0.1, 0.15) is 11.1 Å². The van der Waals surface area contributed by atoms with Gasteiger partial charge in [-0.15, -0.1) is 0 Å². The molecule has 2 aliphatic rings. The SMILES string of the molecule is OC[C@H]1O[C@H](O[C@H]2[C@H](O)[C@@H](CO)O[C@H](NCc3ccc(Cl)cc3)[C@@H]2NCc2ccc(Cl)cc2)[C@H](O)[C@@H](O)[C@@H]1O. The van der Waals surface area contributed by atoms with Crippen LogP contribution in [-0.2, 0) is 27.3 Å². The third-order valence-electron chi connectivity index (χ3n) is 6.91. The highest BCUT2D eigenvalue weighted by atomic mass is 35.5. The number of hydrogen-bond acceptors (Lipinski definition) is 11. The van der Waals surface area contributed by atoms with Crippen molar-refractivity contribution in [2.45, 2.75) is 74.4 Å². The van der Waals surface area contributed by atoms with Crippen LogP contribution in [0.5, 0.6) is 0 Å². The molecule has 2 aromatic rings. The summed E-state index contributed by atoms with van der Waals surface area (Å²) in [5, 5.41) is 69.3. The average Bonchev–Trinajstić information content (AvgIpc) is 2.94. The quantitative estimate of drug-likeness (QED) is 0.180. The summed E-state index contributed by atoms with van der Waals surface area (Å²) in [5.41, 5.74) is 1.78. The molecule has 11 nitrogen and oxygen atoms in total. The Morgan fingerprint density at radius 2 is 1.18 bits per heavy atom. The van der Waals surface area contributed by atoms with E-state index in [-0.39, 0.29) is 0 Å². The Bertz CT molecular complexity index is 1030. The monoisotopic (exact) mass is 588 g/mol. The van der Waals surface area contributed by atoms with E-state index in [1.54, 1.807) is 24.3 Å². The first-order valence-electron chi connectivity index (χ1n) is 12.6. The zero-order chi connectivity index (χ0) is 28.1. The standard InChI is InChI=1S/C26H34Cl2N2O9/c27-15-5-1-13(2-6-15)9-29-19-24(39-26-23(36)22(35)20(33)17(11-31)38-26)21(34)18(12-32)37-25(19)30-10-14-3-7-16(28)8-4-14/h1-8,17-26,29-36H,9-12H2/t17-,18-,19-,20-,21-,22+,23-,24-,25+,26-/m1/s1. The van der Waals surface area contributed by atoms with Crippen molar-refractivity contribution in [1.82, 2.24) is 10.6 Å². The smallest absolute Gasteiger partial charge is 0.187 e. The van der Waals surface area contributed by atoms with E-state index in [0.717, 1.165) is 11.1 Å². The topological polar surface area (TPSA) is 173 Å². The molecule has 216 valence electrons. The average molecular weight is 589 g/mol. The van der Waals surface area contributed by atoms with Crippen molar-refractivity contribution in [3.63, 3.8) is 0 Å². The van der Waals surface area contributed by atoms with Gasteiger partial charge in [-0.25, -0.2) is 0 Å². The Balaban J connectivity index is 1.58. The predicted octanol–water partition coefficient (Wildman–Crippen LogP) is -0.495. The van der Waals surface area contributed by atoms with E-state index in [1.165, 1.54) is 0 Å². The van der Waals surface area contributed by atoms with Crippen LogP contribution < -0.4 is 10.6 Å². The maximum absolute atomic E-state index is 11.1. The van der Waals surface area contributed by atoms with Crippen molar-refractivity contribution in [3.05, 3.63) is 69.7 Å². The van der Waals surface area contributed by atoms with E-state index < -0.39 is 74.5 Å². The first-order valence-corrected chi connectivity index (χ1v) is 13.3. The van der Waals surface area contributed by atoms with Crippen LogP contribution in [0.4, 0.5) is 0 Å². The summed E-state index contributed by atoms with van der Waals surface area (Å²) in [6, 6.07) is 13.6. The fraction of sp³-hybridized carbons (Fsp3) is 0.538. The van der Waals surface area contributed by atoms with E-state index in [1.807, 2.05) is 24.3 Å². The molecule has 4 rings (SSSR count). The van der Waals surface area contributed by atoms with Crippen LogP contribution in [0.2, 0.25) is 10.0 Å². The van der Waals surface area contributed by atoms with Crippen molar-refractivity contribution in [1.29, 1.82) is 0 Å². The number of nitrogens with one attached hydrogen (secondary N) is 2. The number of ether oxygens (including phenoxy) is 3. The minimum Gasteiger partial charge on any atom is -0.394 e. The second kappa shape index (κ2) is 14.0. The van der Waals surface area contributed by atoms with E-state index in [2.05, 4.69) is 10.6 Å². The Kier molecular flexibility index (Phi) is 10.9. The van der Waals surface area contributed by atoms with E-state index >= 15 is 0 Å². The lowest BCUT2D eigenvalue weighted by atomic mass is 9.94. The fourth-order valence-corrected chi connectivity index (χ4v) is 4.91. The fourth-order valence-electron chi connectivity index (χ4n) is 4.66. The second-order valence-corrected chi connectivity index (χ2v) is 10.5. The van der Waals surface area contributed by atoms with Gasteiger partial charge in [-0.2, -0.15) is 0 Å². The number of rotatable bonds is 10. The second-order valence-electron chi connectivity index (χ2n) is 9.61. The van der Waals surface area contributed by atoms with Gasteiger partial charge in [0.25, 0.3) is 0 Å². The van der Waals surface area contributed by atoms with Gasteiger partial charge < -0.3 is 50.2 Å². The van der Waals surface area contributed by atoms with Gasteiger partial charge in [-0.3, -0.25) is 5.32 Å². The molecular formula is C26H34Cl2N2O9. The van der Waals surface area contributed by atoms with Gasteiger partial charge in [0.15, 0.2) is 6.29 Å². The highest BCUT2D eigenvalue weighted by Crippen LogP contribution is 2.29. The van der Waals surface area contributed by atoms with Gasteiger partial charge in [0.1, 0.15) is 49.0 Å². The van der Waals surface area contributed by atoms with Crippen molar-refractivity contribution in [2.75, 3.05) is 13.2 Å². The molecule has 0 aromatic heterocycles. The Hall–Kier alpha value is -1.42. The van der Waals surface area contributed by atoms with Gasteiger partial charge in [-0.05, 0) is 35.4 Å². The lowest BCUT2D eigenvalue weighted by Gasteiger charge is -2.48. The zero-order valence-electron chi connectivity index (χ0n) is 20.9. The molecule has 10 atom stereocenters. The molecule has 0 amide bonds. The van der Waals surface area contributed by atoms with E-state index in [4.69, 9.17) is 37.4 Å². The molecule has 0 radical (unpaired) electrons. The molecule has 2 heterocycles. The number of aliphatic hydroxyl groups excluding tert-OH is 6. The van der Waals surface area contributed by atoms with Crippen LogP contribution in [0.25, 0.3) is 0 Å². The molecule has 0 bridgehead atoms. The molecule has 2 fully saturated rings. The summed E-state index contributed by atoms with van der Waals surface area (Å²) in [5.74, 6) is 0. The molecule has 0 spiro atoms. The van der Waals surface area contributed by atoms with Crippen molar-refractivity contribution in [3.8, 4) is 0 Å². The summed E-state index contributed by atoms with van der Waals surface area (Å²) >= 11 is 12.0. The van der Waals surface area contributed by atoms with Crippen molar-refractivity contribution >= 4 is 23.2 Å². The van der Waals surface area contributed by atoms with Gasteiger partial charge >= 0.3 is 0 Å².